The molecular weight excluding hydrogens is 253 g/mol. The van der Waals surface area contributed by atoms with Gasteiger partial charge in [0.1, 0.15) is 5.82 Å². The maximum Gasteiger partial charge on any atom is 0.128 e. The second kappa shape index (κ2) is 6.66. The highest BCUT2D eigenvalue weighted by molar-refractivity contribution is 5.23. The van der Waals surface area contributed by atoms with Gasteiger partial charge in [0.05, 0.1) is 6.04 Å². The summed E-state index contributed by atoms with van der Waals surface area (Å²) in [5.74, 6) is -0.161. The smallest absolute Gasteiger partial charge is 0.128 e. The predicted octanol–water partition coefficient (Wildman–Crippen LogP) is 2.24. The molecule has 2 N–H and O–H groups in total. The maximum absolute atomic E-state index is 14.1. The van der Waals surface area contributed by atoms with E-state index < -0.39 is 0 Å². The molecule has 1 aromatic carbocycles. The molecule has 20 heavy (non-hydrogen) atoms. The summed E-state index contributed by atoms with van der Waals surface area (Å²) in [6.07, 6.45) is 2.34. The Balaban J connectivity index is 2.22. The van der Waals surface area contributed by atoms with E-state index in [1.165, 1.54) is 12.5 Å². The summed E-state index contributed by atoms with van der Waals surface area (Å²) in [7, 11) is 4.22. The summed E-state index contributed by atoms with van der Waals surface area (Å²) in [5, 5.41) is 0. The minimum atomic E-state index is -0.161. The van der Waals surface area contributed by atoms with E-state index in [2.05, 4.69) is 23.9 Å². The predicted molar refractivity (Wildman–Crippen MR) is 81.1 cm³/mol. The third-order valence-electron chi connectivity index (χ3n) is 4.34. The first-order chi connectivity index (χ1) is 9.50. The molecule has 0 saturated carbocycles. The molecule has 4 heteroatoms. The zero-order valence-electron chi connectivity index (χ0n) is 12.7. The fourth-order valence-corrected chi connectivity index (χ4v) is 3.29. The van der Waals surface area contributed by atoms with Crippen molar-refractivity contribution < 1.29 is 4.39 Å². The van der Waals surface area contributed by atoms with E-state index in [1.54, 1.807) is 6.07 Å². The zero-order chi connectivity index (χ0) is 14.7. The van der Waals surface area contributed by atoms with Crippen molar-refractivity contribution in [1.29, 1.82) is 0 Å². The van der Waals surface area contributed by atoms with E-state index in [4.69, 9.17) is 5.73 Å². The van der Waals surface area contributed by atoms with Crippen molar-refractivity contribution in [3.63, 3.8) is 0 Å². The molecule has 0 radical (unpaired) electrons. The highest BCUT2D eigenvalue weighted by Gasteiger charge is 2.30. The Morgan fingerprint density at radius 3 is 2.70 bits per heavy atom. The Hall–Kier alpha value is -0.970. The van der Waals surface area contributed by atoms with Crippen molar-refractivity contribution in [1.82, 2.24) is 9.80 Å². The lowest BCUT2D eigenvalue weighted by Crippen LogP contribution is -2.49. The van der Waals surface area contributed by atoms with Crippen LogP contribution in [0.4, 0.5) is 4.39 Å². The summed E-state index contributed by atoms with van der Waals surface area (Å²) in [6.45, 7) is 4.13. The lowest BCUT2D eigenvalue weighted by molar-refractivity contribution is 0.0877. The molecular formula is C16H26FN3. The van der Waals surface area contributed by atoms with Gasteiger partial charge in [0.15, 0.2) is 0 Å². The lowest BCUT2D eigenvalue weighted by Gasteiger charge is -2.41. The topological polar surface area (TPSA) is 32.5 Å². The number of likely N-dealkylation sites (tertiary alicyclic amines) is 1. The Bertz CT molecular complexity index is 435. The summed E-state index contributed by atoms with van der Waals surface area (Å²) >= 11 is 0. The molecule has 3 nitrogen and oxygen atoms in total. The van der Waals surface area contributed by atoms with E-state index in [-0.39, 0.29) is 17.9 Å². The molecule has 1 fully saturated rings. The van der Waals surface area contributed by atoms with Crippen LogP contribution in [0.25, 0.3) is 0 Å². The van der Waals surface area contributed by atoms with Crippen molar-refractivity contribution >= 4 is 0 Å². The SMILES string of the molecule is CC(N)C(c1ccccc1F)N(C)C1CCCN(C)C1. The molecule has 0 amide bonds. The fourth-order valence-electron chi connectivity index (χ4n) is 3.29. The van der Waals surface area contributed by atoms with Crippen LogP contribution in [0.2, 0.25) is 0 Å². The number of rotatable bonds is 4. The van der Waals surface area contributed by atoms with Gasteiger partial charge < -0.3 is 10.6 Å². The summed E-state index contributed by atoms with van der Waals surface area (Å²) < 4.78 is 14.1. The number of hydrogen-bond acceptors (Lipinski definition) is 3. The molecule has 2 rings (SSSR count). The number of nitrogens with zero attached hydrogens (tertiary/aromatic N) is 2. The molecule has 1 aromatic rings. The first-order valence-electron chi connectivity index (χ1n) is 7.41. The monoisotopic (exact) mass is 279 g/mol. The number of hydrogen-bond donors (Lipinski definition) is 1. The van der Waals surface area contributed by atoms with Crippen molar-refractivity contribution in [3.05, 3.63) is 35.6 Å². The van der Waals surface area contributed by atoms with Gasteiger partial charge in [-0.1, -0.05) is 18.2 Å². The van der Waals surface area contributed by atoms with Crippen LogP contribution in [-0.2, 0) is 0 Å². The van der Waals surface area contributed by atoms with Crippen LogP contribution in [0.1, 0.15) is 31.4 Å². The zero-order valence-corrected chi connectivity index (χ0v) is 12.7. The second-order valence-electron chi connectivity index (χ2n) is 6.05. The average molecular weight is 279 g/mol. The van der Waals surface area contributed by atoms with Gasteiger partial charge in [-0.15, -0.1) is 0 Å². The van der Waals surface area contributed by atoms with Crippen molar-refractivity contribution in [2.75, 3.05) is 27.2 Å². The van der Waals surface area contributed by atoms with Crippen LogP contribution < -0.4 is 5.73 Å². The van der Waals surface area contributed by atoms with Crippen molar-refractivity contribution in [2.45, 2.75) is 37.9 Å². The van der Waals surface area contributed by atoms with Crippen LogP contribution in [0.15, 0.2) is 24.3 Å². The Morgan fingerprint density at radius 2 is 2.10 bits per heavy atom. The third kappa shape index (κ3) is 3.37. The van der Waals surface area contributed by atoms with E-state index in [9.17, 15) is 4.39 Å². The minimum Gasteiger partial charge on any atom is -0.326 e. The summed E-state index contributed by atoms with van der Waals surface area (Å²) in [4.78, 5) is 4.60. The number of piperidine rings is 1. The molecule has 3 atom stereocenters. The first-order valence-corrected chi connectivity index (χ1v) is 7.41. The van der Waals surface area contributed by atoms with Crippen LogP contribution in [0.5, 0.6) is 0 Å². The standard InChI is InChI=1S/C16H26FN3/c1-12(18)16(14-8-4-5-9-15(14)17)20(3)13-7-6-10-19(2)11-13/h4-5,8-9,12-13,16H,6-7,10-11,18H2,1-3H3. The van der Waals surface area contributed by atoms with Crippen LogP contribution in [0, 0.1) is 5.82 Å². The van der Waals surface area contributed by atoms with Gasteiger partial charge in [0, 0.05) is 24.2 Å². The quantitative estimate of drug-likeness (QED) is 0.917. The lowest BCUT2D eigenvalue weighted by atomic mass is 9.95. The summed E-state index contributed by atoms with van der Waals surface area (Å²) in [5.41, 5.74) is 6.86. The second-order valence-corrected chi connectivity index (χ2v) is 6.05. The molecule has 0 spiro atoms. The highest BCUT2D eigenvalue weighted by atomic mass is 19.1. The molecule has 0 aliphatic carbocycles. The van der Waals surface area contributed by atoms with Gasteiger partial charge in [-0.25, -0.2) is 4.39 Å². The molecule has 112 valence electrons. The molecule has 1 saturated heterocycles. The van der Waals surface area contributed by atoms with Gasteiger partial charge >= 0.3 is 0 Å². The molecule has 3 unspecified atom stereocenters. The number of likely N-dealkylation sites (N-methyl/N-ethyl adjacent to an activating group) is 2. The molecule has 0 aromatic heterocycles. The Morgan fingerprint density at radius 1 is 1.40 bits per heavy atom. The van der Waals surface area contributed by atoms with Crippen molar-refractivity contribution in [2.24, 2.45) is 5.73 Å². The van der Waals surface area contributed by atoms with Crippen molar-refractivity contribution in [3.8, 4) is 0 Å². The molecule has 1 heterocycles. The van der Waals surface area contributed by atoms with E-state index in [0.29, 0.717) is 11.6 Å². The van der Waals surface area contributed by atoms with Gasteiger partial charge in [-0.3, -0.25) is 4.90 Å². The Kier molecular flexibility index (Phi) is 5.13. The Labute approximate surface area is 121 Å². The van der Waals surface area contributed by atoms with E-state index >= 15 is 0 Å². The third-order valence-corrected chi connectivity index (χ3v) is 4.34. The number of halogens is 1. The van der Waals surface area contributed by atoms with Gasteiger partial charge in [0.2, 0.25) is 0 Å². The van der Waals surface area contributed by atoms with E-state index in [1.807, 2.05) is 19.1 Å². The molecule has 0 bridgehead atoms. The van der Waals surface area contributed by atoms with Crippen LogP contribution in [-0.4, -0.2) is 49.1 Å². The fraction of sp³-hybridized carbons (Fsp3) is 0.625. The van der Waals surface area contributed by atoms with Gasteiger partial charge in [0.25, 0.3) is 0 Å². The highest BCUT2D eigenvalue weighted by Crippen LogP contribution is 2.28. The maximum atomic E-state index is 14.1. The first kappa shape index (κ1) is 15.4. The molecule has 1 aliphatic heterocycles. The van der Waals surface area contributed by atoms with Gasteiger partial charge in [-0.2, -0.15) is 0 Å². The number of nitrogens with two attached hydrogens (primary N) is 1. The van der Waals surface area contributed by atoms with E-state index in [0.717, 1.165) is 19.5 Å². The number of benzene rings is 1. The minimum absolute atomic E-state index is 0.0762. The van der Waals surface area contributed by atoms with Crippen LogP contribution in [0.3, 0.4) is 0 Å². The van der Waals surface area contributed by atoms with Crippen LogP contribution >= 0.6 is 0 Å². The normalized spacial score (nSPS) is 23.8. The largest absolute Gasteiger partial charge is 0.326 e. The summed E-state index contributed by atoms with van der Waals surface area (Å²) in [6, 6.07) is 7.24. The molecule has 1 aliphatic rings. The van der Waals surface area contributed by atoms with Gasteiger partial charge in [-0.05, 0) is 46.5 Å². The average Bonchev–Trinajstić information content (AvgIpc) is 2.40.